The number of rotatable bonds is 7. The van der Waals surface area contributed by atoms with E-state index in [1.54, 1.807) is 0 Å². The van der Waals surface area contributed by atoms with Gasteiger partial charge in [-0.05, 0) is 102 Å². The molecule has 1 aromatic heterocycles. The van der Waals surface area contributed by atoms with Gasteiger partial charge in [0.2, 0.25) is 0 Å². The molecule has 1 aliphatic rings. The summed E-state index contributed by atoms with van der Waals surface area (Å²) in [5.41, 5.74) is 12.5. The van der Waals surface area contributed by atoms with Crippen LogP contribution in [0.3, 0.4) is 0 Å². The van der Waals surface area contributed by atoms with Crippen LogP contribution >= 0.6 is 0 Å². The molecular formula is C48H40N2. The van der Waals surface area contributed by atoms with E-state index in [1.807, 2.05) is 0 Å². The zero-order valence-electron chi connectivity index (χ0n) is 28.3. The predicted octanol–water partition coefficient (Wildman–Crippen LogP) is 13.2. The van der Waals surface area contributed by atoms with Crippen LogP contribution in [0.5, 0.6) is 0 Å². The van der Waals surface area contributed by atoms with Crippen molar-refractivity contribution < 1.29 is 0 Å². The number of anilines is 3. The molecule has 2 heteroatoms. The third-order valence-electron chi connectivity index (χ3n) is 10.9. The molecule has 0 bridgehead atoms. The molecule has 50 heavy (non-hydrogen) atoms. The summed E-state index contributed by atoms with van der Waals surface area (Å²) in [6.07, 6.45) is 6.30. The maximum absolute atomic E-state index is 2.39. The molecule has 0 aliphatic heterocycles. The Bertz CT molecular complexity index is 2370. The summed E-state index contributed by atoms with van der Waals surface area (Å²) in [4.78, 5) is 2.38. The van der Waals surface area contributed by atoms with E-state index in [2.05, 4.69) is 191 Å². The van der Waals surface area contributed by atoms with Crippen LogP contribution in [0.1, 0.15) is 43.2 Å². The summed E-state index contributed by atoms with van der Waals surface area (Å²) in [5.74, 6) is 0. The van der Waals surface area contributed by atoms with Crippen molar-refractivity contribution in [1.29, 1.82) is 0 Å². The minimum atomic E-state index is 0.0891. The van der Waals surface area contributed by atoms with Crippen molar-refractivity contribution in [3.63, 3.8) is 0 Å². The van der Waals surface area contributed by atoms with E-state index >= 15 is 0 Å². The lowest BCUT2D eigenvalue weighted by atomic mass is 9.65. The number of fused-ring (bicyclic) bond motifs is 3. The van der Waals surface area contributed by atoms with E-state index in [4.69, 9.17) is 0 Å². The van der Waals surface area contributed by atoms with Crippen LogP contribution < -0.4 is 4.90 Å². The van der Waals surface area contributed by atoms with E-state index < -0.39 is 0 Å². The fraction of sp³-hybridized carbons (Fsp3) is 0.125. The van der Waals surface area contributed by atoms with Crippen LogP contribution in [-0.2, 0) is 5.41 Å². The molecule has 7 aromatic carbocycles. The molecule has 0 N–H and O–H groups in total. The SMILES string of the molecule is c1ccc(N(c2ccc(-c3ccc4c(c3)c3ccccc3n4-c3ccccc3)cc2)c2ccc(C3(c4ccccc4)CCCCC3)cc2)cc1. The van der Waals surface area contributed by atoms with Crippen LogP contribution in [0.15, 0.2) is 182 Å². The minimum Gasteiger partial charge on any atom is -0.311 e. The Morgan fingerprint density at radius 1 is 0.400 bits per heavy atom. The molecule has 1 fully saturated rings. The lowest BCUT2D eigenvalue weighted by Crippen LogP contribution is -2.30. The van der Waals surface area contributed by atoms with Gasteiger partial charge in [-0.25, -0.2) is 0 Å². The maximum Gasteiger partial charge on any atom is 0.0541 e. The van der Waals surface area contributed by atoms with Crippen LogP contribution in [-0.4, -0.2) is 4.57 Å². The van der Waals surface area contributed by atoms with Gasteiger partial charge in [0.15, 0.2) is 0 Å². The number of nitrogens with zero attached hydrogens (tertiary/aromatic N) is 2. The van der Waals surface area contributed by atoms with Crippen molar-refractivity contribution in [2.24, 2.45) is 0 Å². The van der Waals surface area contributed by atoms with Gasteiger partial charge in [0, 0.05) is 38.9 Å². The Balaban J connectivity index is 1.08. The first-order chi connectivity index (χ1) is 24.8. The molecule has 0 saturated heterocycles. The van der Waals surface area contributed by atoms with Crippen LogP contribution in [0.25, 0.3) is 38.6 Å². The second-order valence-electron chi connectivity index (χ2n) is 13.7. The fourth-order valence-electron chi connectivity index (χ4n) is 8.42. The van der Waals surface area contributed by atoms with Crippen molar-refractivity contribution in [2.75, 3.05) is 4.90 Å². The molecule has 1 aliphatic carbocycles. The van der Waals surface area contributed by atoms with E-state index in [0.717, 1.165) is 11.4 Å². The highest BCUT2D eigenvalue weighted by atomic mass is 15.1. The normalized spacial score (nSPS) is 14.2. The molecule has 0 amide bonds. The predicted molar refractivity (Wildman–Crippen MR) is 211 cm³/mol. The first-order valence-electron chi connectivity index (χ1n) is 18.0. The van der Waals surface area contributed by atoms with Gasteiger partial charge < -0.3 is 9.47 Å². The Morgan fingerprint density at radius 3 is 1.62 bits per heavy atom. The molecule has 0 unspecified atom stereocenters. The van der Waals surface area contributed by atoms with Gasteiger partial charge in [0.25, 0.3) is 0 Å². The number of benzene rings is 7. The Labute approximate surface area is 294 Å². The smallest absolute Gasteiger partial charge is 0.0541 e. The Hall–Kier alpha value is -5.86. The molecule has 0 spiro atoms. The summed E-state index contributed by atoms with van der Waals surface area (Å²) in [7, 11) is 0. The summed E-state index contributed by atoms with van der Waals surface area (Å²) in [6, 6.07) is 66.7. The molecule has 1 saturated carbocycles. The molecule has 242 valence electrons. The molecule has 0 radical (unpaired) electrons. The largest absolute Gasteiger partial charge is 0.311 e. The van der Waals surface area contributed by atoms with Crippen molar-refractivity contribution in [3.05, 3.63) is 193 Å². The van der Waals surface area contributed by atoms with Crippen molar-refractivity contribution >= 4 is 38.9 Å². The van der Waals surface area contributed by atoms with Crippen molar-refractivity contribution in [3.8, 4) is 16.8 Å². The van der Waals surface area contributed by atoms with E-state index in [0.29, 0.717) is 0 Å². The van der Waals surface area contributed by atoms with Gasteiger partial charge >= 0.3 is 0 Å². The Morgan fingerprint density at radius 2 is 0.920 bits per heavy atom. The van der Waals surface area contributed by atoms with Gasteiger partial charge in [-0.1, -0.05) is 135 Å². The highest BCUT2D eigenvalue weighted by Crippen LogP contribution is 2.46. The van der Waals surface area contributed by atoms with Gasteiger partial charge in [0.05, 0.1) is 11.0 Å². The monoisotopic (exact) mass is 644 g/mol. The average Bonchev–Trinajstić information content (AvgIpc) is 3.54. The molecule has 2 nitrogen and oxygen atoms in total. The minimum absolute atomic E-state index is 0.0891. The summed E-state index contributed by atoms with van der Waals surface area (Å²) < 4.78 is 2.37. The third kappa shape index (κ3) is 5.29. The zero-order chi connectivity index (χ0) is 33.3. The highest BCUT2D eigenvalue weighted by Gasteiger charge is 2.35. The van der Waals surface area contributed by atoms with Crippen LogP contribution in [0.2, 0.25) is 0 Å². The standard InChI is InChI=1S/C48H40N2/c1-5-15-38(16-6-1)48(33-13-4-14-34-48)39-26-30-43(31-27-39)49(40-17-7-2-8-18-40)42-28-23-36(24-29-42)37-25-32-47-45(35-37)44-21-11-12-22-46(44)50(47)41-19-9-3-10-20-41/h1-3,5-12,15-32,35H,4,13-14,33-34H2. The highest BCUT2D eigenvalue weighted by molar-refractivity contribution is 6.10. The van der Waals surface area contributed by atoms with Gasteiger partial charge in [-0.15, -0.1) is 0 Å². The van der Waals surface area contributed by atoms with Crippen molar-refractivity contribution in [1.82, 2.24) is 4.57 Å². The summed E-state index contributed by atoms with van der Waals surface area (Å²) >= 11 is 0. The number of hydrogen-bond donors (Lipinski definition) is 0. The molecular weight excluding hydrogens is 605 g/mol. The summed E-state index contributed by atoms with van der Waals surface area (Å²) in [5, 5.41) is 2.54. The summed E-state index contributed by atoms with van der Waals surface area (Å²) in [6.45, 7) is 0. The van der Waals surface area contributed by atoms with Crippen LogP contribution in [0.4, 0.5) is 17.1 Å². The lowest BCUT2D eigenvalue weighted by Gasteiger charge is -2.39. The second kappa shape index (κ2) is 12.9. The molecule has 8 aromatic rings. The van der Waals surface area contributed by atoms with E-state index in [1.165, 1.54) is 87.5 Å². The first kappa shape index (κ1) is 30.2. The maximum atomic E-state index is 2.39. The number of para-hydroxylation sites is 3. The number of aromatic nitrogens is 1. The average molecular weight is 645 g/mol. The first-order valence-corrected chi connectivity index (χ1v) is 18.0. The number of hydrogen-bond acceptors (Lipinski definition) is 1. The molecule has 1 heterocycles. The topological polar surface area (TPSA) is 8.17 Å². The Kier molecular flexibility index (Phi) is 7.78. The van der Waals surface area contributed by atoms with Gasteiger partial charge in [-0.3, -0.25) is 0 Å². The fourth-order valence-corrected chi connectivity index (χ4v) is 8.42. The third-order valence-corrected chi connectivity index (χ3v) is 10.9. The van der Waals surface area contributed by atoms with Gasteiger partial charge in [-0.2, -0.15) is 0 Å². The van der Waals surface area contributed by atoms with E-state index in [-0.39, 0.29) is 5.41 Å². The van der Waals surface area contributed by atoms with Crippen LogP contribution in [0, 0.1) is 0 Å². The van der Waals surface area contributed by atoms with Crippen molar-refractivity contribution in [2.45, 2.75) is 37.5 Å². The molecule has 9 rings (SSSR count). The molecule has 0 atom stereocenters. The zero-order valence-corrected chi connectivity index (χ0v) is 28.3. The lowest BCUT2D eigenvalue weighted by molar-refractivity contribution is 0.346. The quantitative estimate of drug-likeness (QED) is 0.168. The van der Waals surface area contributed by atoms with E-state index in [9.17, 15) is 0 Å². The second-order valence-corrected chi connectivity index (χ2v) is 13.7. The van der Waals surface area contributed by atoms with Gasteiger partial charge in [0.1, 0.15) is 0 Å².